The van der Waals surface area contributed by atoms with Crippen LogP contribution >= 0.6 is 35.0 Å². The molecule has 0 heterocycles. The summed E-state index contributed by atoms with van der Waals surface area (Å²) in [6, 6.07) is 11.3. The summed E-state index contributed by atoms with van der Waals surface area (Å²) in [5.41, 5.74) is 0.303. The van der Waals surface area contributed by atoms with Gasteiger partial charge in [-0.3, -0.25) is 4.79 Å². The summed E-state index contributed by atoms with van der Waals surface area (Å²) < 4.78 is 12.8. The molecule has 0 unspecified atom stereocenters. The number of benzene rings is 2. The van der Waals surface area contributed by atoms with E-state index >= 15 is 0 Å². The van der Waals surface area contributed by atoms with Crippen molar-refractivity contribution in [1.29, 1.82) is 0 Å². The Morgan fingerprint density at radius 1 is 1.09 bits per heavy atom. The molecule has 0 aromatic heterocycles. The van der Waals surface area contributed by atoms with E-state index in [4.69, 9.17) is 23.2 Å². The second-order valence-electron chi connectivity index (χ2n) is 4.51. The van der Waals surface area contributed by atoms with Gasteiger partial charge in [0.1, 0.15) is 5.82 Å². The molecule has 6 heteroatoms. The zero-order valence-electron chi connectivity index (χ0n) is 11.6. The average Bonchev–Trinajstić information content (AvgIpc) is 2.48. The Labute approximate surface area is 143 Å². The maximum atomic E-state index is 12.8. The van der Waals surface area contributed by atoms with Crippen molar-refractivity contribution in [2.24, 2.45) is 0 Å². The Kier molecular flexibility index (Phi) is 6.55. The normalized spacial score (nSPS) is 10.5. The average molecular weight is 358 g/mol. The minimum Gasteiger partial charge on any atom is -0.352 e. The van der Waals surface area contributed by atoms with Gasteiger partial charge in [-0.25, -0.2) is 4.39 Å². The van der Waals surface area contributed by atoms with Crippen LogP contribution in [0.25, 0.3) is 0 Å². The van der Waals surface area contributed by atoms with Crippen LogP contribution in [0.2, 0.25) is 10.0 Å². The molecule has 0 spiro atoms. The van der Waals surface area contributed by atoms with Gasteiger partial charge in [-0.15, -0.1) is 11.8 Å². The largest absolute Gasteiger partial charge is 0.352 e. The van der Waals surface area contributed by atoms with Gasteiger partial charge in [0.05, 0.1) is 15.6 Å². The molecule has 1 amide bonds. The molecule has 2 aromatic carbocycles. The number of rotatable bonds is 6. The lowest BCUT2D eigenvalue weighted by atomic mass is 10.2. The molecular formula is C16H14Cl2FNOS. The number of carbonyl (C=O) groups is 1. The van der Waals surface area contributed by atoms with Crippen molar-refractivity contribution in [3.8, 4) is 0 Å². The van der Waals surface area contributed by atoms with Gasteiger partial charge in [-0.2, -0.15) is 0 Å². The molecule has 0 aliphatic carbocycles. The van der Waals surface area contributed by atoms with Crippen LogP contribution in [-0.2, 0) is 0 Å². The first kappa shape index (κ1) is 17.1. The molecule has 0 saturated heterocycles. The summed E-state index contributed by atoms with van der Waals surface area (Å²) in [4.78, 5) is 13.0. The molecule has 116 valence electrons. The number of hydrogen-bond donors (Lipinski definition) is 1. The lowest BCUT2D eigenvalue weighted by Gasteiger charge is -2.08. The standard InChI is InChI=1S/C16H14Cl2FNOS/c17-13-3-1-4-14(18)15(13)16(21)20-9-2-10-22-12-7-5-11(19)6-8-12/h1,3-8H,2,9-10H2,(H,20,21). The van der Waals surface area contributed by atoms with Crippen LogP contribution in [0.15, 0.2) is 47.4 Å². The predicted molar refractivity (Wildman–Crippen MR) is 90.5 cm³/mol. The Balaban J connectivity index is 1.74. The zero-order chi connectivity index (χ0) is 15.9. The molecule has 0 fully saturated rings. The first-order chi connectivity index (χ1) is 10.6. The molecule has 0 aliphatic heterocycles. The second-order valence-corrected chi connectivity index (χ2v) is 6.49. The van der Waals surface area contributed by atoms with Crippen LogP contribution in [-0.4, -0.2) is 18.2 Å². The van der Waals surface area contributed by atoms with Crippen LogP contribution in [0.1, 0.15) is 16.8 Å². The zero-order valence-corrected chi connectivity index (χ0v) is 13.9. The lowest BCUT2D eigenvalue weighted by molar-refractivity contribution is 0.0954. The first-order valence-corrected chi connectivity index (χ1v) is 8.42. The summed E-state index contributed by atoms with van der Waals surface area (Å²) in [6.45, 7) is 0.522. The molecule has 0 saturated carbocycles. The van der Waals surface area contributed by atoms with E-state index in [0.717, 1.165) is 17.1 Å². The highest BCUT2D eigenvalue weighted by atomic mass is 35.5. The Hall–Kier alpha value is -1.23. The van der Waals surface area contributed by atoms with Crippen molar-refractivity contribution < 1.29 is 9.18 Å². The van der Waals surface area contributed by atoms with E-state index in [1.807, 2.05) is 0 Å². The molecule has 2 aromatic rings. The van der Waals surface area contributed by atoms with Crippen LogP contribution in [0, 0.1) is 5.82 Å². The molecule has 1 N–H and O–H groups in total. The highest BCUT2D eigenvalue weighted by Crippen LogP contribution is 2.24. The summed E-state index contributed by atoms with van der Waals surface area (Å²) in [5, 5.41) is 3.47. The second kappa shape index (κ2) is 8.42. The lowest BCUT2D eigenvalue weighted by Crippen LogP contribution is -2.25. The minimum atomic E-state index is -0.276. The van der Waals surface area contributed by atoms with Crippen LogP contribution in [0.4, 0.5) is 4.39 Å². The van der Waals surface area contributed by atoms with E-state index in [9.17, 15) is 9.18 Å². The van der Waals surface area contributed by atoms with E-state index < -0.39 is 0 Å². The van der Waals surface area contributed by atoms with E-state index in [1.165, 1.54) is 12.1 Å². The van der Waals surface area contributed by atoms with Crippen molar-refractivity contribution >= 4 is 40.9 Å². The molecule has 2 rings (SSSR count). The fraction of sp³-hybridized carbons (Fsp3) is 0.188. The van der Waals surface area contributed by atoms with Crippen LogP contribution < -0.4 is 5.32 Å². The quantitative estimate of drug-likeness (QED) is 0.579. The SMILES string of the molecule is O=C(NCCCSc1ccc(F)cc1)c1c(Cl)cccc1Cl. The third-order valence-corrected chi connectivity index (χ3v) is 4.61. The highest BCUT2D eigenvalue weighted by Gasteiger charge is 2.13. The topological polar surface area (TPSA) is 29.1 Å². The van der Waals surface area contributed by atoms with Crippen molar-refractivity contribution in [3.05, 3.63) is 63.9 Å². The summed E-state index contributed by atoms with van der Waals surface area (Å²) in [7, 11) is 0. The number of carbonyl (C=O) groups excluding carboxylic acids is 1. The van der Waals surface area contributed by atoms with Crippen LogP contribution in [0.5, 0.6) is 0 Å². The highest BCUT2D eigenvalue weighted by molar-refractivity contribution is 7.99. The molecule has 2 nitrogen and oxygen atoms in total. The summed E-state index contributed by atoms with van der Waals surface area (Å²) in [5.74, 6) is 0.304. The molecule has 0 atom stereocenters. The molecular weight excluding hydrogens is 344 g/mol. The molecule has 22 heavy (non-hydrogen) atoms. The van der Waals surface area contributed by atoms with Gasteiger partial charge in [-0.05, 0) is 48.6 Å². The number of amides is 1. The van der Waals surface area contributed by atoms with Gasteiger partial charge in [-0.1, -0.05) is 29.3 Å². The van der Waals surface area contributed by atoms with Gasteiger partial charge in [0.2, 0.25) is 0 Å². The molecule has 0 aliphatic rings. The first-order valence-electron chi connectivity index (χ1n) is 6.68. The number of thioether (sulfide) groups is 1. The van der Waals surface area contributed by atoms with Gasteiger partial charge < -0.3 is 5.32 Å². The maximum Gasteiger partial charge on any atom is 0.254 e. The van der Waals surface area contributed by atoms with E-state index in [1.54, 1.807) is 42.1 Å². The third kappa shape index (κ3) is 4.90. The van der Waals surface area contributed by atoms with Crippen molar-refractivity contribution in [2.75, 3.05) is 12.3 Å². The molecule has 0 bridgehead atoms. The minimum absolute atomic E-state index is 0.242. The fourth-order valence-electron chi connectivity index (χ4n) is 1.80. The Morgan fingerprint density at radius 2 is 1.73 bits per heavy atom. The van der Waals surface area contributed by atoms with E-state index in [0.29, 0.717) is 22.2 Å². The van der Waals surface area contributed by atoms with Crippen molar-refractivity contribution in [1.82, 2.24) is 5.32 Å². The Morgan fingerprint density at radius 3 is 2.36 bits per heavy atom. The predicted octanol–water partition coefficient (Wildman–Crippen LogP) is 5.04. The monoisotopic (exact) mass is 357 g/mol. The number of halogens is 3. The third-order valence-electron chi connectivity index (χ3n) is 2.88. The maximum absolute atomic E-state index is 12.8. The van der Waals surface area contributed by atoms with Crippen molar-refractivity contribution in [3.63, 3.8) is 0 Å². The fourth-order valence-corrected chi connectivity index (χ4v) is 3.22. The number of nitrogens with one attached hydrogen (secondary N) is 1. The van der Waals surface area contributed by atoms with Crippen LogP contribution in [0.3, 0.4) is 0 Å². The van der Waals surface area contributed by atoms with Crippen molar-refractivity contribution in [2.45, 2.75) is 11.3 Å². The van der Waals surface area contributed by atoms with Gasteiger partial charge in [0, 0.05) is 11.4 Å². The summed E-state index contributed by atoms with van der Waals surface area (Å²) in [6.07, 6.45) is 0.788. The van der Waals surface area contributed by atoms with Gasteiger partial charge in [0.25, 0.3) is 5.91 Å². The van der Waals surface area contributed by atoms with E-state index in [-0.39, 0.29) is 11.7 Å². The Bertz CT molecular complexity index is 629. The smallest absolute Gasteiger partial charge is 0.254 e. The molecule has 0 radical (unpaired) electrons. The van der Waals surface area contributed by atoms with E-state index in [2.05, 4.69) is 5.32 Å². The van der Waals surface area contributed by atoms with Gasteiger partial charge in [0.15, 0.2) is 0 Å². The van der Waals surface area contributed by atoms with Gasteiger partial charge >= 0.3 is 0 Å². The number of hydrogen-bond acceptors (Lipinski definition) is 2. The summed E-state index contributed by atoms with van der Waals surface area (Å²) >= 11 is 13.6.